The fourth-order valence-electron chi connectivity index (χ4n) is 3.03. The summed E-state index contributed by atoms with van der Waals surface area (Å²) in [5.41, 5.74) is -0.539. The highest BCUT2D eigenvalue weighted by Gasteiger charge is 2.60. The zero-order chi connectivity index (χ0) is 24.3. The third kappa shape index (κ3) is 4.72. The molecule has 0 radical (unpaired) electrons. The Bertz CT molecular complexity index is 1270. The molecule has 0 aliphatic rings. The Hall–Kier alpha value is -2.60. The van der Waals surface area contributed by atoms with Gasteiger partial charge in [-0.05, 0) is 47.0 Å². The second-order valence-electron chi connectivity index (χ2n) is 6.68. The first-order chi connectivity index (χ1) is 15.6. The Labute approximate surface area is 200 Å². The van der Waals surface area contributed by atoms with Crippen molar-refractivity contribution in [2.24, 2.45) is 0 Å². The van der Waals surface area contributed by atoms with E-state index in [1.807, 2.05) is 0 Å². The van der Waals surface area contributed by atoms with E-state index in [1.54, 1.807) is 0 Å². The Morgan fingerprint density at radius 2 is 1.27 bits per heavy atom. The Balaban J connectivity index is 2.42. The maximum Gasteiger partial charge on any atom is 0.366 e. The van der Waals surface area contributed by atoms with Crippen molar-refractivity contribution < 1.29 is 30.8 Å². The molecule has 0 spiro atoms. The molecule has 0 saturated carbocycles. The van der Waals surface area contributed by atoms with Crippen molar-refractivity contribution in [3.8, 4) is 0 Å². The number of alkyl halides is 1. The summed E-state index contributed by atoms with van der Waals surface area (Å²) in [5, 5.41) is 0. The fraction of sp³-hybridized carbons (Fsp3) is 0.136. The molecule has 1 atom stereocenters. The molecule has 7 nitrogen and oxygen atoms in total. The monoisotopic (exact) mass is 555 g/mol. The quantitative estimate of drug-likeness (QED) is 0.305. The number of ether oxygens (including phenoxy) is 1. The van der Waals surface area contributed by atoms with Crippen molar-refractivity contribution in [1.82, 2.24) is 3.71 Å². The Morgan fingerprint density at radius 1 is 0.848 bits per heavy atom. The van der Waals surface area contributed by atoms with E-state index < -0.39 is 50.9 Å². The van der Waals surface area contributed by atoms with Crippen LogP contribution in [0.1, 0.15) is 12.5 Å². The molecule has 1 unspecified atom stereocenters. The molecule has 33 heavy (non-hydrogen) atoms. The highest BCUT2D eigenvalue weighted by molar-refractivity contribution is 9.10. The van der Waals surface area contributed by atoms with E-state index in [0.717, 1.165) is 36.4 Å². The minimum absolute atomic E-state index is 0.314. The predicted octanol–water partition coefficient (Wildman–Crippen LogP) is 4.21. The molecular weight excluding hydrogens is 537 g/mol. The van der Waals surface area contributed by atoms with Gasteiger partial charge in [0.1, 0.15) is 0 Å². The van der Waals surface area contributed by atoms with Gasteiger partial charge in [-0.3, -0.25) is 0 Å². The topological polar surface area (TPSA) is 97.8 Å². The molecule has 11 heteroatoms. The lowest BCUT2D eigenvalue weighted by Gasteiger charge is -2.33. The zero-order valence-corrected chi connectivity index (χ0v) is 20.5. The first-order valence-electron chi connectivity index (χ1n) is 9.59. The van der Waals surface area contributed by atoms with Gasteiger partial charge in [-0.1, -0.05) is 64.5 Å². The molecule has 0 aliphatic carbocycles. The van der Waals surface area contributed by atoms with Gasteiger partial charge in [0.2, 0.25) is 0 Å². The smallest absolute Gasteiger partial charge is 0.366 e. The van der Waals surface area contributed by atoms with Crippen molar-refractivity contribution in [2.75, 3.05) is 6.61 Å². The molecule has 0 aliphatic heterocycles. The summed E-state index contributed by atoms with van der Waals surface area (Å²) in [4.78, 5) is 11.9. The highest BCUT2D eigenvalue weighted by atomic mass is 79.9. The summed E-state index contributed by atoms with van der Waals surface area (Å²) in [7, 11) is -10.3. The number of halogens is 2. The molecular formula is C22H19BrFNO6S2. The molecule has 3 aromatic carbocycles. The number of rotatable bonds is 8. The van der Waals surface area contributed by atoms with Crippen LogP contribution in [0, 0.1) is 0 Å². The van der Waals surface area contributed by atoms with Crippen molar-refractivity contribution in [1.29, 1.82) is 0 Å². The van der Waals surface area contributed by atoms with Gasteiger partial charge in [0, 0.05) is 10.0 Å². The molecule has 3 rings (SSSR count). The van der Waals surface area contributed by atoms with Crippen molar-refractivity contribution in [3.63, 3.8) is 0 Å². The number of hydrogen-bond acceptors (Lipinski definition) is 6. The normalized spacial score (nSPS) is 13.9. The van der Waals surface area contributed by atoms with E-state index in [2.05, 4.69) is 15.9 Å². The highest BCUT2D eigenvalue weighted by Crippen LogP contribution is 2.41. The van der Waals surface area contributed by atoms with Crippen LogP contribution in [-0.4, -0.2) is 33.1 Å². The minimum Gasteiger partial charge on any atom is -0.462 e. The van der Waals surface area contributed by atoms with Crippen LogP contribution in [-0.2, 0) is 35.4 Å². The van der Waals surface area contributed by atoms with Gasteiger partial charge >= 0.3 is 11.8 Å². The summed E-state index contributed by atoms with van der Waals surface area (Å²) in [6, 6.07) is 17.8. The van der Waals surface area contributed by atoms with Crippen LogP contribution in [0.15, 0.2) is 99.2 Å². The lowest BCUT2D eigenvalue weighted by atomic mass is 10.1. The first kappa shape index (κ1) is 25.0. The van der Waals surface area contributed by atoms with Gasteiger partial charge in [-0.2, -0.15) is 0 Å². The van der Waals surface area contributed by atoms with Crippen LogP contribution in [0.3, 0.4) is 0 Å². The summed E-state index contributed by atoms with van der Waals surface area (Å²) in [5.74, 6) is -5.42. The molecule has 0 amide bonds. The number of carbonyl (C=O) groups is 1. The van der Waals surface area contributed by atoms with E-state index in [9.17, 15) is 21.6 Å². The van der Waals surface area contributed by atoms with Gasteiger partial charge < -0.3 is 4.74 Å². The molecule has 3 aromatic rings. The molecule has 0 N–H and O–H groups in total. The number of sulfonamides is 2. The van der Waals surface area contributed by atoms with Gasteiger partial charge in [0.05, 0.1) is 16.4 Å². The maximum atomic E-state index is 16.9. The Kier molecular flexibility index (Phi) is 7.37. The van der Waals surface area contributed by atoms with Crippen LogP contribution >= 0.6 is 15.9 Å². The molecule has 0 saturated heterocycles. The standard InChI is InChI=1S/C22H19BrFNO6S2/c1-2-31-21(26)22(24,17-13-15-18(23)16-14-17)25(32(27,28)19-9-5-3-6-10-19)33(29,30)20-11-7-4-8-12-20/h3-16H,2H2,1H3. The second-order valence-corrected chi connectivity index (χ2v) is 11.4. The summed E-state index contributed by atoms with van der Waals surface area (Å²) < 4.78 is 76.4. The first-order valence-corrected chi connectivity index (χ1v) is 13.3. The van der Waals surface area contributed by atoms with Crippen molar-refractivity contribution in [3.05, 3.63) is 95.0 Å². The van der Waals surface area contributed by atoms with Crippen LogP contribution in [0.4, 0.5) is 4.39 Å². The molecule has 0 heterocycles. The van der Waals surface area contributed by atoms with E-state index >= 15 is 4.39 Å². The largest absolute Gasteiger partial charge is 0.462 e. The van der Waals surface area contributed by atoms with Crippen molar-refractivity contribution in [2.45, 2.75) is 22.5 Å². The average Bonchev–Trinajstić information content (AvgIpc) is 2.80. The van der Waals surface area contributed by atoms with Crippen LogP contribution in [0.25, 0.3) is 0 Å². The number of hydrogen-bond donors (Lipinski definition) is 0. The fourth-order valence-corrected chi connectivity index (χ4v) is 7.25. The third-order valence-corrected chi connectivity index (χ3v) is 9.36. The van der Waals surface area contributed by atoms with Crippen LogP contribution < -0.4 is 0 Å². The van der Waals surface area contributed by atoms with E-state index in [4.69, 9.17) is 4.74 Å². The average molecular weight is 556 g/mol. The Morgan fingerprint density at radius 3 is 1.67 bits per heavy atom. The van der Waals surface area contributed by atoms with Crippen molar-refractivity contribution >= 4 is 41.9 Å². The third-order valence-electron chi connectivity index (χ3n) is 4.54. The summed E-state index contributed by atoms with van der Waals surface area (Å²) in [6.45, 7) is 1.08. The molecule has 0 aromatic heterocycles. The van der Waals surface area contributed by atoms with E-state index in [1.165, 1.54) is 55.5 Å². The molecule has 0 fully saturated rings. The lowest BCUT2D eigenvalue weighted by Crippen LogP contribution is -2.54. The molecule has 0 bridgehead atoms. The van der Waals surface area contributed by atoms with Gasteiger partial charge in [0.15, 0.2) is 0 Å². The zero-order valence-electron chi connectivity index (χ0n) is 17.3. The SMILES string of the molecule is CCOC(=O)C(F)(c1ccc(Br)cc1)N(S(=O)(=O)c1ccccc1)S(=O)(=O)c1ccccc1. The second kappa shape index (κ2) is 9.72. The maximum absolute atomic E-state index is 16.9. The minimum atomic E-state index is -5.13. The van der Waals surface area contributed by atoms with Crippen LogP contribution in [0.5, 0.6) is 0 Å². The van der Waals surface area contributed by atoms with Gasteiger partial charge in [-0.15, -0.1) is 0 Å². The lowest BCUT2D eigenvalue weighted by molar-refractivity contribution is -0.164. The van der Waals surface area contributed by atoms with Gasteiger partial charge in [0.25, 0.3) is 20.0 Å². The van der Waals surface area contributed by atoms with Crippen LogP contribution in [0.2, 0.25) is 0 Å². The van der Waals surface area contributed by atoms with Gasteiger partial charge in [-0.25, -0.2) is 26.0 Å². The number of nitrogens with zero attached hydrogens (tertiary/aromatic N) is 1. The predicted molar refractivity (Wildman–Crippen MR) is 123 cm³/mol. The summed E-state index contributed by atoms with van der Waals surface area (Å²) in [6.07, 6.45) is 0. The number of carbonyl (C=O) groups excluding carboxylic acids is 1. The summed E-state index contributed by atoms with van der Waals surface area (Å²) >= 11 is 3.18. The molecule has 174 valence electrons. The number of benzene rings is 3. The van der Waals surface area contributed by atoms with E-state index in [0.29, 0.717) is 4.47 Å². The van der Waals surface area contributed by atoms with E-state index in [-0.39, 0.29) is 6.61 Å². The number of esters is 1.